The zero-order chi connectivity index (χ0) is 17.4. The van der Waals surface area contributed by atoms with Gasteiger partial charge in [0.15, 0.2) is 0 Å². The van der Waals surface area contributed by atoms with E-state index in [0.29, 0.717) is 11.6 Å². The fourth-order valence-electron chi connectivity index (χ4n) is 3.83. The van der Waals surface area contributed by atoms with Crippen molar-refractivity contribution in [3.8, 4) is 0 Å². The molecule has 1 aliphatic heterocycles. The van der Waals surface area contributed by atoms with Crippen LogP contribution in [0.2, 0.25) is 0 Å². The Hall–Kier alpha value is -2.17. The summed E-state index contributed by atoms with van der Waals surface area (Å²) < 4.78 is 0. The minimum Gasteiger partial charge on any atom is -0.294 e. The number of likely N-dealkylation sites (tertiary alicyclic amines) is 1. The predicted octanol–water partition coefficient (Wildman–Crippen LogP) is 2.73. The second kappa shape index (κ2) is 6.38. The van der Waals surface area contributed by atoms with Crippen molar-refractivity contribution in [2.75, 3.05) is 11.6 Å². The minimum absolute atomic E-state index is 0.0114. The van der Waals surface area contributed by atoms with Crippen LogP contribution < -0.4 is 4.90 Å². The van der Waals surface area contributed by atoms with Crippen LogP contribution in [0.1, 0.15) is 38.7 Å². The lowest BCUT2D eigenvalue weighted by Gasteiger charge is -2.26. The smallest absolute Gasteiger partial charge is 0.234 e. The number of imide groups is 1. The Bertz CT molecular complexity index is 668. The summed E-state index contributed by atoms with van der Waals surface area (Å²) in [5.41, 5.74) is 1.80. The van der Waals surface area contributed by atoms with Crippen molar-refractivity contribution in [1.82, 2.24) is 4.90 Å². The van der Waals surface area contributed by atoms with Crippen LogP contribution in [0.5, 0.6) is 0 Å². The first-order valence-corrected chi connectivity index (χ1v) is 8.58. The van der Waals surface area contributed by atoms with Gasteiger partial charge < -0.3 is 0 Å². The van der Waals surface area contributed by atoms with Crippen LogP contribution in [0.25, 0.3) is 0 Å². The van der Waals surface area contributed by atoms with E-state index in [9.17, 15) is 14.4 Å². The van der Waals surface area contributed by atoms with Crippen molar-refractivity contribution < 1.29 is 14.4 Å². The van der Waals surface area contributed by atoms with Crippen molar-refractivity contribution in [1.29, 1.82) is 0 Å². The summed E-state index contributed by atoms with van der Waals surface area (Å²) in [5, 5.41) is 0. The second-order valence-corrected chi connectivity index (χ2v) is 7.16. The molecule has 3 atom stereocenters. The summed E-state index contributed by atoms with van der Waals surface area (Å²) in [4.78, 5) is 40.2. The third-order valence-corrected chi connectivity index (χ3v) is 5.29. The summed E-state index contributed by atoms with van der Waals surface area (Å²) in [6.45, 7) is 5.57. The maximum atomic E-state index is 12.7. The standard InChI is InChI=1S/C19H24N2O3/c1-12-4-7-15(8-5-12)20(14(3)22)11-21-18(23)16-9-6-13(2)10-17(16)19(21)24/h4-5,7-8,13,16-17H,6,9-11H2,1-3H3/t13-,16+,17-/m0/s1. The molecule has 5 heteroatoms. The Kier molecular flexibility index (Phi) is 4.43. The monoisotopic (exact) mass is 328 g/mol. The molecule has 0 N–H and O–H groups in total. The summed E-state index contributed by atoms with van der Waals surface area (Å²) in [6.07, 6.45) is 2.54. The van der Waals surface area contributed by atoms with Gasteiger partial charge in [-0.25, -0.2) is 0 Å². The van der Waals surface area contributed by atoms with E-state index in [0.717, 1.165) is 24.8 Å². The molecular weight excluding hydrogens is 304 g/mol. The summed E-state index contributed by atoms with van der Waals surface area (Å²) >= 11 is 0. The van der Waals surface area contributed by atoms with Gasteiger partial charge in [-0.2, -0.15) is 0 Å². The number of fused-ring (bicyclic) bond motifs is 1. The minimum atomic E-state index is -0.201. The predicted molar refractivity (Wildman–Crippen MR) is 91.1 cm³/mol. The molecule has 1 heterocycles. The first-order valence-electron chi connectivity index (χ1n) is 8.58. The van der Waals surface area contributed by atoms with Crippen LogP contribution in [0.15, 0.2) is 24.3 Å². The van der Waals surface area contributed by atoms with Crippen molar-refractivity contribution >= 4 is 23.4 Å². The highest BCUT2D eigenvalue weighted by molar-refractivity contribution is 6.06. The summed E-state index contributed by atoms with van der Waals surface area (Å²) in [7, 11) is 0. The average molecular weight is 328 g/mol. The van der Waals surface area contributed by atoms with Crippen LogP contribution >= 0.6 is 0 Å². The fraction of sp³-hybridized carbons (Fsp3) is 0.526. The first-order chi connectivity index (χ1) is 11.4. The Morgan fingerprint density at radius 3 is 2.38 bits per heavy atom. The summed E-state index contributed by atoms with van der Waals surface area (Å²) in [6, 6.07) is 7.52. The lowest BCUT2D eigenvalue weighted by molar-refractivity contribution is -0.140. The van der Waals surface area contributed by atoms with Crippen molar-refractivity contribution in [3.05, 3.63) is 29.8 Å². The number of nitrogens with zero attached hydrogens (tertiary/aromatic N) is 2. The van der Waals surface area contributed by atoms with Crippen LogP contribution in [0.3, 0.4) is 0 Å². The number of amides is 3. The number of benzene rings is 1. The van der Waals surface area contributed by atoms with Crippen molar-refractivity contribution in [3.63, 3.8) is 0 Å². The number of rotatable bonds is 3. The maximum absolute atomic E-state index is 12.7. The lowest BCUT2D eigenvalue weighted by Crippen LogP contribution is -2.44. The van der Waals surface area contributed by atoms with E-state index in [1.807, 2.05) is 31.2 Å². The fourth-order valence-corrected chi connectivity index (χ4v) is 3.83. The largest absolute Gasteiger partial charge is 0.294 e. The maximum Gasteiger partial charge on any atom is 0.234 e. The third-order valence-electron chi connectivity index (χ3n) is 5.29. The van der Waals surface area contributed by atoms with Gasteiger partial charge in [-0.15, -0.1) is 0 Å². The van der Waals surface area contributed by atoms with E-state index in [1.54, 1.807) is 0 Å². The Labute approximate surface area is 142 Å². The molecule has 1 aliphatic carbocycles. The Morgan fingerprint density at radius 1 is 1.12 bits per heavy atom. The quantitative estimate of drug-likeness (QED) is 0.802. The van der Waals surface area contributed by atoms with Gasteiger partial charge in [-0.05, 0) is 44.2 Å². The van der Waals surface area contributed by atoms with Gasteiger partial charge in [0.1, 0.15) is 6.67 Å². The normalized spacial score (nSPS) is 26.5. The Morgan fingerprint density at radius 2 is 1.75 bits per heavy atom. The van der Waals surface area contributed by atoms with Crippen LogP contribution in [-0.2, 0) is 14.4 Å². The molecule has 1 saturated carbocycles. The van der Waals surface area contributed by atoms with Crippen LogP contribution in [0, 0.1) is 24.7 Å². The molecular formula is C19H24N2O3. The van der Waals surface area contributed by atoms with Gasteiger partial charge in [-0.1, -0.05) is 24.6 Å². The van der Waals surface area contributed by atoms with Gasteiger partial charge in [0, 0.05) is 12.6 Å². The second-order valence-electron chi connectivity index (χ2n) is 7.16. The molecule has 1 saturated heterocycles. The molecule has 2 fully saturated rings. The van der Waals surface area contributed by atoms with Gasteiger partial charge in [0.2, 0.25) is 17.7 Å². The van der Waals surface area contributed by atoms with Crippen molar-refractivity contribution in [2.45, 2.75) is 40.0 Å². The molecule has 5 nitrogen and oxygen atoms in total. The zero-order valence-corrected chi connectivity index (χ0v) is 14.5. The number of anilines is 1. The van der Waals surface area contributed by atoms with E-state index in [-0.39, 0.29) is 36.2 Å². The number of carbonyl (C=O) groups excluding carboxylic acids is 3. The van der Waals surface area contributed by atoms with Gasteiger partial charge in [-0.3, -0.25) is 24.2 Å². The number of hydrogen-bond donors (Lipinski definition) is 0. The van der Waals surface area contributed by atoms with E-state index >= 15 is 0 Å². The van der Waals surface area contributed by atoms with E-state index in [2.05, 4.69) is 6.92 Å². The molecule has 128 valence electrons. The highest BCUT2D eigenvalue weighted by atomic mass is 16.2. The molecule has 2 aliphatic rings. The molecule has 1 aromatic carbocycles. The average Bonchev–Trinajstić information content (AvgIpc) is 2.77. The zero-order valence-electron chi connectivity index (χ0n) is 14.5. The molecule has 3 rings (SSSR count). The van der Waals surface area contributed by atoms with Crippen LogP contribution in [0.4, 0.5) is 5.69 Å². The SMILES string of the molecule is CC(=O)N(CN1C(=O)[C@H]2C[C@@H](C)CC[C@H]2C1=O)c1ccc(C)cc1. The molecule has 3 amide bonds. The molecule has 0 unspecified atom stereocenters. The molecule has 24 heavy (non-hydrogen) atoms. The number of carbonyl (C=O) groups is 3. The van der Waals surface area contributed by atoms with Crippen LogP contribution in [-0.4, -0.2) is 29.3 Å². The van der Waals surface area contributed by atoms with E-state index in [4.69, 9.17) is 0 Å². The topological polar surface area (TPSA) is 57.7 Å². The van der Waals surface area contributed by atoms with E-state index in [1.165, 1.54) is 16.7 Å². The Balaban J connectivity index is 1.82. The van der Waals surface area contributed by atoms with Gasteiger partial charge in [0.25, 0.3) is 0 Å². The van der Waals surface area contributed by atoms with Gasteiger partial charge >= 0.3 is 0 Å². The highest BCUT2D eigenvalue weighted by Crippen LogP contribution is 2.40. The number of hydrogen-bond acceptors (Lipinski definition) is 3. The van der Waals surface area contributed by atoms with Crippen molar-refractivity contribution in [2.24, 2.45) is 17.8 Å². The molecule has 1 aromatic rings. The lowest BCUT2D eigenvalue weighted by atomic mass is 9.76. The molecule has 0 bridgehead atoms. The summed E-state index contributed by atoms with van der Waals surface area (Å²) in [5.74, 6) is -0.328. The first kappa shape index (κ1) is 16.7. The highest BCUT2D eigenvalue weighted by Gasteiger charge is 2.49. The molecule has 0 radical (unpaired) electrons. The van der Waals surface area contributed by atoms with E-state index < -0.39 is 0 Å². The molecule has 0 aromatic heterocycles. The van der Waals surface area contributed by atoms with Gasteiger partial charge in [0.05, 0.1) is 11.8 Å². The number of aryl methyl sites for hydroxylation is 1. The molecule has 0 spiro atoms. The third kappa shape index (κ3) is 2.95.